The van der Waals surface area contributed by atoms with Crippen LogP contribution in [0.3, 0.4) is 0 Å². The van der Waals surface area contributed by atoms with Crippen LogP contribution < -0.4 is 0 Å². The van der Waals surface area contributed by atoms with Gasteiger partial charge in [0.05, 0.1) is 0 Å². The van der Waals surface area contributed by atoms with Crippen LogP contribution in [0.15, 0.2) is 0 Å². The molecule has 0 fully saturated rings. The fraction of sp³-hybridized carbons (Fsp3) is 0.945. The minimum atomic E-state index is -0.759. The summed E-state index contributed by atoms with van der Waals surface area (Å²) >= 11 is 0. The molecule has 7 heteroatoms. The smallest absolute Gasteiger partial charge is 0.306 e. The van der Waals surface area contributed by atoms with E-state index < -0.39 is 6.10 Å². The molecule has 0 radical (unpaired) electrons. The van der Waals surface area contributed by atoms with Gasteiger partial charge >= 0.3 is 17.9 Å². The summed E-state index contributed by atoms with van der Waals surface area (Å²) in [6.07, 6.45) is 49.3. The topological polar surface area (TPSA) is 88.1 Å². The Morgan fingerprint density at radius 1 is 0.290 bits per heavy atom. The molecule has 0 N–H and O–H groups in total. The molecule has 0 saturated carbocycles. The summed E-state index contributed by atoms with van der Waals surface area (Å²) in [6, 6.07) is 0. The molecule has 0 aliphatic carbocycles. The quantitative estimate of drug-likeness (QED) is 0.0342. The van der Waals surface area contributed by atoms with Crippen molar-refractivity contribution in [3.8, 4) is 0 Å². The van der Waals surface area contributed by atoms with E-state index in [9.17, 15) is 14.4 Å². The van der Waals surface area contributed by atoms with Gasteiger partial charge in [-0.05, 0) is 33.1 Å². The Kier molecular flexibility index (Phi) is 55.9. The van der Waals surface area contributed by atoms with E-state index in [2.05, 4.69) is 20.8 Å². The first kappa shape index (κ1) is 62.5. The van der Waals surface area contributed by atoms with Gasteiger partial charge in [0.1, 0.15) is 13.2 Å². The third kappa shape index (κ3) is 54.5. The highest BCUT2D eigenvalue weighted by Gasteiger charge is 2.19. The third-order valence-electron chi connectivity index (χ3n) is 12.0. The molecule has 0 aromatic heterocycles. The fourth-order valence-electron chi connectivity index (χ4n) is 7.94. The predicted molar refractivity (Wildman–Crippen MR) is 265 cm³/mol. The summed E-state index contributed by atoms with van der Waals surface area (Å²) in [5.74, 6) is -0.842. The molecule has 0 aromatic carbocycles. The lowest BCUT2D eigenvalue weighted by Gasteiger charge is -2.18. The zero-order valence-electron chi connectivity index (χ0n) is 42.5. The fourth-order valence-corrected chi connectivity index (χ4v) is 7.94. The van der Waals surface area contributed by atoms with Crippen LogP contribution in [-0.2, 0) is 33.3 Å². The molecule has 0 aromatic rings. The Morgan fingerprint density at radius 3 is 0.710 bits per heavy atom. The SMILES string of the molecule is CCCCCCCCCCCCCCCC(=O)OCC(COC(=O)CCCCCCCCCCCCCCC)OC(=O)CCCCCCCCCCCCCCC.CCOCC. The molecular weight excluding hydrogens is 773 g/mol. The number of esters is 3. The van der Waals surface area contributed by atoms with Crippen molar-refractivity contribution in [1.82, 2.24) is 0 Å². The molecule has 0 saturated heterocycles. The van der Waals surface area contributed by atoms with Crippen molar-refractivity contribution in [3.63, 3.8) is 0 Å². The number of hydrogen-bond acceptors (Lipinski definition) is 7. The number of carbonyl (C=O) groups is 3. The summed E-state index contributed by atoms with van der Waals surface area (Å²) in [6.45, 7) is 12.3. The highest BCUT2D eigenvalue weighted by molar-refractivity contribution is 5.71. The van der Waals surface area contributed by atoms with E-state index in [4.69, 9.17) is 18.9 Å². The zero-order chi connectivity index (χ0) is 45.7. The van der Waals surface area contributed by atoms with Gasteiger partial charge in [-0.25, -0.2) is 0 Å². The Morgan fingerprint density at radius 2 is 0.500 bits per heavy atom. The average molecular weight is 881 g/mol. The maximum atomic E-state index is 12.8. The van der Waals surface area contributed by atoms with E-state index in [1.807, 2.05) is 13.8 Å². The van der Waals surface area contributed by atoms with E-state index >= 15 is 0 Å². The number of unbranched alkanes of at least 4 members (excludes halogenated alkanes) is 36. The second kappa shape index (κ2) is 55.5. The van der Waals surface area contributed by atoms with Crippen LogP contribution in [0, 0.1) is 0 Å². The first-order valence-corrected chi connectivity index (χ1v) is 27.5. The number of carbonyl (C=O) groups excluding carboxylic acids is 3. The normalized spacial score (nSPS) is 11.1. The largest absolute Gasteiger partial charge is 0.462 e. The van der Waals surface area contributed by atoms with E-state index in [0.29, 0.717) is 19.3 Å². The Bertz CT molecular complexity index is 845. The molecule has 0 heterocycles. The van der Waals surface area contributed by atoms with Gasteiger partial charge in [0.2, 0.25) is 0 Å². The third-order valence-corrected chi connectivity index (χ3v) is 12.0. The van der Waals surface area contributed by atoms with E-state index in [1.165, 1.54) is 193 Å². The van der Waals surface area contributed by atoms with Gasteiger partial charge in [0.25, 0.3) is 0 Å². The van der Waals surface area contributed by atoms with E-state index in [1.54, 1.807) is 0 Å². The van der Waals surface area contributed by atoms with Crippen LogP contribution in [-0.4, -0.2) is 50.4 Å². The van der Waals surface area contributed by atoms with Gasteiger partial charge in [-0.2, -0.15) is 0 Å². The highest BCUT2D eigenvalue weighted by atomic mass is 16.6. The summed E-state index contributed by atoms with van der Waals surface area (Å²) in [4.78, 5) is 37.9. The summed E-state index contributed by atoms with van der Waals surface area (Å²) in [7, 11) is 0. The second-order valence-corrected chi connectivity index (χ2v) is 18.2. The van der Waals surface area contributed by atoms with Crippen molar-refractivity contribution >= 4 is 17.9 Å². The number of ether oxygens (including phenoxy) is 4. The van der Waals surface area contributed by atoms with Crippen LogP contribution in [0.4, 0.5) is 0 Å². The molecule has 0 rings (SSSR count). The lowest BCUT2D eigenvalue weighted by molar-refractivity contribution is -0.167. The van der Waals surface area contributed by atoms with Gasteiger partial charge in [-0.3, -0.25) is 14.4 Å². The molecule has 62 heavy (non-hydrogen) atoms. The lowest BCUT2D eigenvalue weighted by Crippen LogP contribution is -2.30. The van der Waals surface area contributed by atoms with Crippen molar-refractivity contribution in [3.05, 3.63) is 0 Å². The van der Waals surface area contributed by atoms with E-state index in [0.717, 1.165) is 71.0 Å². The van der Waals surface area contributed by atoms with Gasteiger partial charge in [-0.15, -0.1) is 0 Å². The molecule has 7 nitrogen and oxygen atoms in total. The van der Waals surface area contributed by atoms with Gasteiger partial charge in [0.15, 0.2) is 6.10 Å². The molecule has 0 unspecified atom stereocenters. The predicted octanol–water partition coefficient (Wildman–Crippen LogP) is 17.5. The van der Waals surface area contributed by atoms with Gasteiger partial charge in [-0.1, -0.05) is 252 Å². The summed E-state index contributed by atoms with van der Waals surface area (Å²) in [5, 5.41) is 0. The Labute approximate surface area is 386 Å². The maximum Gasteiger partial charge on any atom is 0.306 e. The minimum absolute atomic E-state index is 0.0619. The highest BCUT2D eigenvalue weighted by Crippen LogP contribution is 2.17. The maximum absolute atomic E-state index is 12.8. The van der Waals surface area contributed by atoms with Crippen LogP contribution in [0.25, 0.3) is 0 Å². The van der Waals surface area contributed by atoms with Crippen molar-refractivity contribution in [2.45, 2.75) is 310 Å². The standard InChI is InChI=1S/C51H98O6.C4H10O/c1-4-7-10-13-16-19-22-25-28-31-34-37-40-43-49(52)55-46-48(57-51(54)45-42-39-36-33-30-27-24-21-18-15-12-9-6-3)47-56-50(53)44-41-38-35-32-29-26-23-20-17-14-11-8-5-2;1-3-5-4-2/h48H,4-47H2,1-3H3;3-4H2,1-2H3. The van der Waals surface area contributed by atoms with Crippen molar-refractivity contribution in [2.75, 3.05) is 26.4 Å². The van der Waals surface area contributed by atoms with Crippen LogP contribution in [0.2, 0.25) is 0 Å². The number of rotatable bonds is 49. The molecule has 0 bridgehead atoms. The molecular formula is C55H108O7. The molecule has 0 atom stereocenters. The second-order valence-electron chi connectivity index (χ2n) is 18.2. The first-order chi connectivity index (χ1) is 30.4. The first-order valence-electron chi connectivity index (χ1n) is 27.5. The van der Waals surface area contributed by atoms with Crippen LogP contribution >= 0.6 is 0 Å². The number of hydrogen-bond donors (Lipinski definition) is 0. The zero-order valence-corrected chi connectivity index (χ0v) is 42.5. The van der Waals surface area contributed by atoms with Crippen LogP contribution in [0.1, 0.15) is 304 Å². The van der Waals surface area contributed by atoms with E-state index in [-0.39, 0.29) is 31.1 Å². The van der Waals surface area contributed by atoms with Gasteiger partial charge in [0, 0.05) is 32.5 Å². The molecule has 370 valence electrons. The Balaban J connectivity index is 0. The summed E-state index contributed by atoms with van der Waals surface area (Å²) in [5.41, 5.74) is 0. The lowest BCUT2D eigenvalue weighted by atomic mass is 10.0. The Hall–Kier alpha value is -1.63. The average Bonchev–Trinajstić information content (AvgIpc) is 3.27. The van der Waals surface area contributed by atoms with Crippen molar-refractivity contribution in [1.29, 1.82) is 0 Å². The van der Waals surface area contributed by atoms with Crippen molar-refractivity contribution < 1.29 is 33.3 Å². The summed E-state index contributed by atoms with van der Waals surface area (Å²) < 4.78 is 21.6. The molecule has 0 aliphatic rings. The molecule has 0 amide bonds. The molecule has 0 aliphatic heterocycles. The molecule has 0 spiro atoms. The van der Waals surface area contributed by atoms with Gasteiger partial charge < -0.3 is 18.9 Å². The monoisotopic (exact) mass is 881 g/mol. The van der Waals surface area contributed by atoms with Crippen molar-refractivity contribution in [2.24, 2.45) is 0 Å². The minimum Gasteiger partial charge on any atom is -0.462 e. The van der Waals surface area contributed by atoms with Crippen LogP contribution in [0.5, 0.6) is 0 Å².